The highest BCUT2D eigenvalue weighted by Gasteiger charge is 2.34. The fourth-order valence-electron chi connectivity index (χ4n) is 6.28. The number of nitrogens with zero attached hydrogens (tertiary/aromatic N) is 6. The van der Waals surface area contributed by atoms with Crippen LogP contribution >= 0.6 is 22.9 Å². The molecule has 0 aliphatic carbocycles. The number of carbonyl (C=O) groups excluding carboxylic acids is 1. The number of piperidine rings is 1. The van der Waals surface area contributed by atoms with E-state index in [1.54, 1.807) is 33.3 Å². The van der Waals surface area contributed by atoms with Crippen LogP contribution in [-0.2, 0) is 17.8 Å². The Balaban J connectivity index is 1.21. The number of halogens is 2. The van der Waals surface area contributed by atoms with Gasteiger partial charge in [-0.2, -0.15) is 5.10 Å². The van der Waals surface area contributed by atoms with Crippen LogP contribution in [0.3, 0.4) is 0 Å². The zero-order chi connectivity index (χ0) is 28.8. The van der Waals surface area contributed by atoms with Gasteiger partial charge >= 0.3 is 0 Å². The van der Waals surface area contributed by atoms with Crippen molar-refractivity contribution in [3.8, 4) is 11.1 Å². The van der Waals surface area contributed by atoms with Crippen molar-refractivity contribution in [3.63, 3.8) is 0 Å². The molecule has 216 valence electrons. The number of thiazole rings is 1. The van der Waals surface area contributed by atoms with Gasteiger partial charge in [0.05, 0.1) is 29.1 Å². The molecule has 3 aromatic heterocycles. The van der Waals surface area contributed by atoms with Gasteiger partial charge in [-0.15, -0.1) is 11.3 Å². The topological polar surface area (TPSA) is 80.9 Å². The molecule has 5 aromatic rings. The van der Waals surface area contributed by atoms with Crippen LogP contribution in [-0.4, -0.2) is 60.9 Å². The van der Waals surface area contributed by atoms with E-state index in [2.05, 4.69) is 51.4 Å². The van der Waals surface area contributed by atoms with E-state index in [4.69, 9.17) is 16.7 Å². The summed E-state index contributed by atoms with van der Waals surface area (Å²) in [6.45, 7) is 5.87. The van der Waals surface area contributed by atoms with Crippen LogP contribution in [0.5, 0.6) is 0 Å². The number of aromatic nitrogens is 5. The summed E-state index contributed by atoms with van der Waals surface area (Å²) in [5.74, 6) is 0.242. The van der Waals surface area contributed by atoms with Crippen LogP contribution in [0.1, 0.15) is 48.7 Å². The van der Waals surface area contributed by atoms with Gasteiger partial charge in [-0.05, 0) is 67.2 Å². The molecular formula is C31H31ClFN7OS. The van der Waals surface area contributed by atoms with Gasteiger partial charge < -0.3 is 9.47 Å². The lowest BCUT2D eigenvalue weighted by Crippen LogP contribution is -2.32. The monoisotopic (exact) mass is 603 g/mol. The van der Waals surface area contributed by atoms with Crippen molar-refractivity contribution in [2.45, 2.75) is 50.9 Å². The number of carbonyl (C=O) groups is 1. The van der Waals surface area contributed by atoms with E-state index >= 15 is 0 Å². The first-order valence-electron chi connectivity index (χ1n) is 14.4. The van der Waals surface area contributed by atoms with E-state index in [0.717, 1.165) is 36.1 Å². The summed E-state index contributed by atoms with van der Waals surface area (Å²) in [6, 6.07) is 11.8. The SMILES string of the molecule is CCN1CCC(c2ccc(-c3cc(Cl)c4cn(C(C(=O)Nc5nccs5)c5ncn6c5C[C@@H](F)C6)nc4c3)cc2)CC1. The fourth-order valence-corrected chi connectivity index (χ4v) is 7.07. The van der Waals surface area contributed by atoms with Crippen molar-refractivity contribution in [1.29, 1.82) is 0 Å². The molecule has 0 saturated carbocycles. The quantitative estimate of drug-likeness (QED) is 0.235. The summed E-state index contributed by atoms with van der Waals surface area (Å²) in [7, 11) is 0. The molecule has 42 heavy (non-hydrogen) atoms. The van der Waals surface area contributed by atoms with E-state index in [1.807, 2.05) is 12.1 Å². The van der Waals surface area contributed by atoms with Gasteiger partial charge in [0, 0.05) is 35.3 Å². The number of hydrogen-bond donors (Lipinski definition) is 1. The van der Waals surface area contributed by atoms with Gasteiger partial charge in [0.2, 0.25) is 0 Å². The van der Waals surface area contributed by atoms with Gasteiger partial charge in [0.25, 0.3) is 5.91 Å². The zero-order valence-electron chi connectivity index (χ0n) is 23.2. The van der Waals surface area contributed by atoms with Gasteiger partial charge in [0.1, 0.15) is 6.17 Å². The number of alkyl halides is 1. The number of imidazole rings is 1. The molecule has 0 bridgehead atoms. The fraction of sp³-hybridized carbons (Fsp3) is 0.355. The molecule has 5 heterocycles. The standard InChI is InChI=1S/C31H31ClFN7OS/c1-2-38-10-7-21(8-11-38)19-3-5-20(6-4-19)22-13-25(32)24-17-40(37-26(24)14-22)29(30(41)36-31-34-9-12-42-31)28-27-15-23(33)16-39(27)18-35-28/h3-6,9,12-14,17-18,21,23,29H,2,7-8,10-11,15-16H2,1H3,(H,34,36,41)/t23-,29?/m1/s1. The van der Waals surface area contributed by atoms with E-state index in [9.17, 15) is 9.18 Å². The number of fused-ring (bicyclic) bond motifs is 2. The van der Waals surface area contributed by atoms with Gasteiger partial charge in [-0.25, -0.2) is 14.4 Å². The molecule has 0 spiro atoms. The summed E-state index contributed by atoms with van der Waals surface area (Å²) in [5, 5.41) is 11.2. The van der Waals surface area contributed by atoms with Crippen molar-refractivity contribution in [1.82, 2.24) is 29.2 Å². The highest BCUT2D eigenvalue weighted by molar-refractivity contribution is 7.13. The molecule has 1 N–H and O–H groups in total. The minimum Gasteiger partial charge on any atom is -0.331 e. The minimum absolute atomic E-state index is 0.204. The van der Waals surface area contributed by atoms with Gasteiger partial charge in [-0.1, -0.05) is 42.8 Å². The number of hydrogen-bond acceptors (Lipinski definition) is 6. The van der Waals surface area contributed by atoms with Gasteiger partial charge in [-0.3, -0.25) is 14.8 Å². The Bertz CT molecular complexity index is 1720. The van der Waals surface area contributed by atoms with Crippen LogP contribution < -0.4 is 5.32 Å². The molecule has 0 radical (unpaired) electrons. The maximum atomic E-state index is 14.3. The Kier molecular flexibility index (Phi) is 7.29. The normalized spacial score (nSPS) is 18.4. The molecule has 11 heteroatoms. The summed E-state index contributed by atoms with van der Waals surface area (Å²) < 4.78 is 17.6. The third-order valence-electron chi connectivity index (χ3n) is 8.57. The first-order valence-corrected chi connectivity index (χ1v) is 15.6. The van der Waals surface area contributed by atoms with Crippen molar-refractivity contribution in [3.05, 3.63) is 82.5 Å². The maximum Gasteiger partial charge on any atom is 0.257 e. The summed E-state index contributed by atoms with van der Waals surface area (Å²) in [4.78, 5) is 24.9. The molecule has 2 aliphatic heterocycles. The van der Waals surface area contributed by atoms with Crippen molar-refractivity contribution >= 4 is 44.9 Å². The van der Waals surface area contributed by atoms with Gasteiger partial charge in [0.15, 0.2) is 11.2 Å². The first kappa shape index (κ1) is 27.2. The maximum absolute atomic E-state index is 14.3. The summed E-state index contributed by atoms with van der Waals surface area (Å²) in [6.07, 6.45) is 6.56. The third kappa shape index (κ3) is 5.12. The molecule has 2 aliphatic rings. The highest BCUT2D eigenvalue weighted by atomic mass is 35.5. The Morgan fingerprint density at radius 2 is 1.98 bits per heavy atom. The molecule has 2 atom stereocenters. The molecule has 1 fully saturated rings. The number of rotatable bonds is 7. The van der Waals surface area contributed by atoms with Crippen LogP contribution in [0.15, 0.2) is 60.5 Å². The molecule has 8 nitrogen and oxygen atoms in total. The zero-order valence-corrected chi connectivity index (χ0v) is 24.8. The minimum atomic E-state index is -1.01. The Labute approximate surface area is 252 Å². The number of likely N-dealkylation sites (tertiary alicyclic amines) is 1. The summed E-state index contributed by atoms with van der Waals surface area (Å²) in [5.41, 5.74) is 5.24. The predicted octanol–water partition coefficient (Wildman–Crippen LogP) is 6.33. The number of benzene rings is 2. The lowest BCUT2D eigenvalue weighted by Gasteiger charge is -2.31. The van der Waals surface area contributed by atoms with Crippen molar-refractivity contribution < 1.29 is 9.18 Å². The molecule has 1 amide bonds. The molecule has 1 saturated heterocycles. The average Bonchev–Trinajstić information content (AvgIpc) is 3.80. The number of anilines is 1. The van der Waals surface area contributed by atoms with Crippen LogP contribution in [0, 0.1) is 0 Å². The van der Waals surface area contributed by atoms with Crippen LogP contribution in [0.2, 0.25) is 5.02 Å². The highest BCUT2D eigenvalue weighted by Crippen LogP contribution is 2.35. The predicted molar refractivity (Wildman–Crippen MR) is 164 cm³/mol. The smallest absolute Gasteiger partial charge is 0.257 e. The third-order valence-corrected chi connectivity index (χ3v) is 9.57. The number of nitrogens with one attached hydrogen (secondary N) is 1. The van der Waals surface area contributed by atoms with E-state index in [1.165, 1.54) is 29.7 Å². The average molecular weight is 604 g/mol. The molecule has 2 aromatic carbocycles. The molecular weight excluding hydrogens is 573 g/mol. The van der Waals surface area contributed by atoms with Crippen LogP contribution in [0.4, 0.5) is 9.52 Å². The largest absolute Gasteiger partial charge is 0.331 e. The second-order valence-corrected chi connectivity index (χ2v) is 12.4. The second kappa shape index (κ2) is 11.2. The van der Waals surface area contributed by atoms with Crippen molar-refractivity contribution in [2.75, 3.05) is 25.0 Å². The molecule has 7 rings (SSSR count). The van der Waals surface area contributed by atoms with Crippen molar-refractivity contribution in [2.24, 2.45) is 0 Å². The van der Waals surface area contributed by atoms with E-state index in [0.29, 0.717) is 33.0 Å². The lowest BCUT2D eigenvalue weighted by molar-refractivity contribution is -0.118. The Hall–Kier alpha value is -3.60. The van der Waals surface area contributed by atoms with Crippen LogP contribution in [0.25, 0.3) is 22.0 Å². The Morgan fingerprint density at radius 1 is 1.17 bits per heavy atom. The van der Waals surface area contributed by atoms with E-state index in [-0.39, 0.29) is 18.9 Å². The number of amides is 1. The Morgan fingerprint density at radius 3 is 2.71 bits per heavy atom. The lowest BCUT2D eigenvalue weighted by atomic mass is 9.88. The first-order chi connectivity index (χ1) is 20.5. The second-order valence-electron chi connectivity index (χ2n) is 11.1. The van der Waals surface area contributed by atoms with E-state index < -0.39 is 12.2 Å². The molecule has 1 unspecified atom stereocenters. The summed E-state index contributed by atoms with van der Waals surface area (Å²) >= 11 is 8.13.